The number of aromatic nitrogens is 1. The highest BCUT2D eigenvalue weighted by molar-refractivity contribution is 6.31. The van der Waals surface area contributed by atoms with Gasteiger partial charge in [-0.2, -0.15) is 0 Å². The molecule has 0 aliphatic rings. The Morgan fingerprint density at radius 2 is 1.56 bits per heavy atom. The van der Waals surface area contributed by atoms with Gasteiger partial charge in [-0.15, -0.1) is 0 Å². The Morgan fingerprint density at radius 3 is 2.28 bits per heavy atom. The van der Waals surface area contributed by atoms with Crippen LogP contribution in [0, 0.1) is 6.92 Å². The lowest BCUT2D eigenvalue weighted by molar-refractivity contribution is 0.102. The Kier molecular flexibility index (Phi) is 6.64. The summed E-state index contributed by atoms with van der Waals surface area (Å²) < 4.78 is 1.64. The lowest BCUT2D eigenvalue weighted by Crippen LogP contribution is -2.31. The van der Waals surface area contributed by atoms with E-state index in [1.54, 1.807) is 34.9 Å². The van der Waals surface area contributed by atoms with Crippen molar-refractivity contribution in [3.05, 3.63) is 134 Å². The van der Waals surface area contributed by atoms with E-state index in [4.69, 9.17) is 23.2 Å². The first-order chi connectivity index (χ1) is 17.4. The summed E-state index contributed by atoms with van der Waals surface area (Å²) in [6.45, 7) is 2.32. The normalized spacial score (nSPS) is 11.0. The molecule has 1 aromatic heterocycles. The van der Waals surface area contributed by atoms with E-state index in [0.29, 0.717) is 33.4 Å². The van der Waals surface area contributed by atoms with Crippen molar-refractivity contribution in [2.75, 3.05) is 5.32 Å². The summed E-state index contributed by atoms with van der Waals surface area (Å²) in [7, 11) is 0. The minimum atomic E-state index is -0.499. The Bertz CT molecular complexity index is 1640. The summed E-state index contributed by atoms with van der Waals surface area (Å²) in [6.07, 6.45) is 0. The van der Waals surface area contributed by atoms with Crippen LogP contribution >= 0.6 is 23.2 Å². The standard InChI is InChI=1S/C30H22Cl2N2O2/c1-19-6-5-7-20(16-19)18-34-26-15-12-23(32)17-25(26)27(21-8-3-2-4-9-21)28(30(34)36)29(35)33-24-13-10-22(31)11-14-24/h2-17H,18H2,1H3,(H,33,35). The Balaban J connectivity index is 1.78. The molecule has 1 amide bonds. The van der Waals surface area contributed by atoms with Crippen LogP contribution in [0.2, 0.25) is 10.0 Å². The van der Waals surface area contributed by atoms with Gasteiger partial charge >= 0.3 is 0 Å². The number of aryl methyl sites for hydroxylation is 1. The van der Waals surface area contributed by atoms with Crippen LogP contribution in [0.5, 0.6) is 0 Å². The van der Waals surface area contributed by atoms with Gasteiger partial charge in [-0.05, 0) is 60.5 Å². The fourth-order valence-electron chi connectivity index (χ4n) is 4.42. The van der Waals surface area contributed by atoms with Crippen LogP contribution in [0.4, 0.5) is 5.69 Å². The fourth-order valence-corrected chi connectivity index (χ4v) is 4.72. The number of amides is 1. The van der Waals surface area contributed by atoms with E-state index < -0.39 is 5.91 Å². The molecule has 0 saturated carbocycles. The number of hydrogen-bond donors (Lipinski definition) is 1. The topological polar surface area (TPSA) is 51.1 Å². The lowest BCUT2D eigenvalue weighted by Gasteiger charge is -2.19. The molecule has 0 spiro atoms. The van der Waals surface area contributed by atoms with Crippen molar-refractivity contribution in [2.24, 2.45) is 0 Å². The predicted molar refractivity (Wildman–Crippen MR) is 148 cm³/mol. The number of carbonyl (C=O) groups is 1. The molecule has 4 aromatic carbocycles. The number of nitrogens with zero attached hydrogens (tertiary/aromatic N) is 1. The number of fused-ring (bicyclic) bond motifs is 1. The highest BCUT2D eigenvalue weighted by Gasteiger charge is 2.24. The molecule has 178 valence electrons. The minimum absolute atomic E-state index is 0.0542. The van der Waals surface area contributed by atoms with Crippen molar-refractivity contribution in [3.8, 4) is 11.1 Å². The highest BCUT2D eigenvalue weighted by Crippen LogP contribution is 2.33. The van der Waals surface area contributed by atoms with E-state index in [9.17, 15) is 9.59 Å². The minimum Gasteiger partial charge on any atom is -0.322 e. The summed E-state index contributed by atoms with van der Waals surface area (Å²) in [5.41, 5.74) is 4.28. The maximum atomic E-state index is 14.1. The largest absolute Gasteiger partial charge is 0.322 e. The molecule has 6 heteroatoms. The third-order valence-corrected chi connectivity index (χ3v) is 6.53. The van der Waals surface area contributed by atoms with Gasteiger partial charge in [0, 0.05) is 26.7 Å². The zero-order chi connectivity index (χ0) is 25.2. The average Bonchev–Trinajstić information content (AvgIpc) is 2.87. The number of benzene rings is 4. The number of halogens is 2. The van der Waals surface area contributed by atoms with E-state index in [-0.39, 0.29) is 11.1 Å². The molecule has 0 aliphatic heterocycles. The van der Waals surface area contributed by atoms with E-state index in [1.165, 1.54) is 0 Å². The van der Waals surface area contributed by atoms with E-state index in [0.717, 1.165) is 22.1 Å². The smallest absolute Gasteiger partial charge is 0.264 e. The van der Waals surface area contributed by atoms with Crippen LogP contribution in [-0.4, -0.2) is 10.5 Å². The molecule has 0 atom stereocenters. The lowest BCUT2D eigenvalue weighted by atomic mass is 9.95. The summed E-state index contributed by atoms with van der Waals surface area (Å²) in [4.78, 5) is 27.8. The number of rotatable bonds is 5. The van der Waals surface area contributed by atoms with Gasteiger partial charge in [0.05, 0.1) is 12.1 Å². The van der Waals surface area contributed by atoms with Gasteiger partial charge in [-0.25, -0.2) is 0 Å². The quantitative estimate of drug-likeness (QED) is 0.263. The van der Waals surface area contributed by atoms with Crippen LogP contribution in [-0.2, 0) is 6.54 Å². The number of pyridine rings is 1. The highest BCUT2D eigenvalue weighted by atomic mass is 35.5. The average molecular weight is 513 g/mol. The van der Waals surface area contributed by atoms with Crippen molar-refractivity contribution in [3.63, 3.8) is 0 Å². The van der Waals surface area contributed by atoms with Gasteiger partial charge in [-0.1, -0.05) is 83.4 Å². The van der Waals surface area contributed by atoms with Gasteiger partial charge < -0.3 is 9.88 Å². The van der Waals surface area contributed by atoms with Crippen molar-refractivity contribution in [1.29, 1.82) is 0 Å². The molecular formula is C30H22Cl2N2O2. The third kappa shape index (κ3) is 4.78. The molecule has 1 N–H and O–H groups in total. The van der Waals surface area contributed by atoms with Crippen LogP contribution in [0.25, 0.3) is 22.0 Å². The van der Waals surface area contributed by atoms with Crippen LogP contribution < -0.4 is 10.9 Å². The maximum absolute atomic E-state index is 14.1. The predicted octanol–water partition coefficient (Wildman–Crippen LogP) is 7.58. The molecular weight excluding hydrogens is 491 g/mol. The summed E-state index contributed by atoms with van der Waals surface area (Å²) in [5.74, 6) is -0.499. The zero-order valence-corrected chi connectivity index (χ0v) is 21.0. The maximum Gasteiger partial charge on any atom is 0.264 e. The molecule has 5 aromatic rings. The number of carbonyl (C=O) groups excluding carboxylic acids is 1. The SMILES string of the molecule is Cc1cccc(Cn2c(=O)c(C(=O)Nc3ccc(Cl)cc3)c(-c3ccccc3)c3cc(Cl)ccc32)c1. The Morgan fingerprint density at radius 1 is 0.833 bits per heavy atom. The second kappa shape index (κ2) is 10.0. The zero-order valence-electron chi connectivity index (χ0n) is 19.5. The molecule has 0 unspecified atom stereocenters. The number of hydrogen-bond acceptors (Lipinski definition) is 2. The molecule has 0 aliphatic carbocycles. The van der Waals surface area contributed by atoms with E-state index >= 15 is 0 Å². The monoisotopic (exact) mass is 512 g/mol. The van der Waals surface area contributed by atoms with Gasteiger partial charge in [0.1, 0.15) is 5.56 Å². The van der Waals surface area contributed by atoms with Crippen LogP contribution in [0.15, 0.2) is 102 Å². The van der Waals surface area contributed by atoms with Gasteiger partial charge in [-0.3, -0.25) is 9.59 Å². The second-order valence-electron chi connectivity index (χ2n) is 8.62. The van der Waals surface area contributed by atoms with Crippen molar-refractivity contribution in [1.82, 2.24) is 4.57 Å². The van der Waals surface area contributed by atoms with E-state index in [1.807, 2.05) is 73.7 Å². The molecule has 5 rings (SSSR count). The summed E-state index contributed by atoms with van der Waals surface area (Å²) in [5, 5.41) is 4.67. The Labute approximate surface area is 218 Å². The molecule has 4 nitrogen and oxygen atoms in total. The summed E-state index contributed by atoms with van der Waals surface area (Å²) >= 11 is 12.4. The van der Waals surface area contributed by atoms with Crippen molar-refractivity contribution in [2.45, 2.75) is 13.5 Å². The number of anilines is 1. The first kappa shape index (κ1) is 23.9. The van der Waals surface area contributed by atoms with Crippen molar-refractivity contribution < 1.29 is 4.79 Å². The van der Waals surface area contributed by atoms with Gasteiger partial charge in [0.15, 0.2) is 0 Å². The molecule has 0 bridgehead atoms. The molecule has 0 radical (unpaired) electrons. The van der Waals surface area contributed by atoms with Crippen LogP contribution in [0.1, 0.15) is 21.5 Å². The first-order valence-corrected chi connectivity index (χ1v) is 12.2. The van der Waals surface area contributed by atoms with Crippen LogP contribution in [0.3, 0.4) is 0 Å². The van der Waals surface area contributed by atoms with Gasteiger partial charge in [0.2, 0.25) is 0 Å². The second-order valence-corrected chi connectivity index (χ2v) is 9.49. The fraction of sp³-hybridized carbons (Fsp3) is 0.0667. The first-order valence-electron chi connectivity index (χ1n) is 11.4. The molecule has 0 fully saturated rings. The van der Waals surface area contributed by atoms with Crippen molar-refractivity contribution >= 4 is 45.7 Å². The third-order valence-electron chi connectivity index (χ3n) is 6.04. The molecule has 36 heavy (non-hydrogen) atoms. The number of nitrogens with one attached hydrogen (secondary N) is 1. The molecule has 1 heterocycles. The van der Waals surface area contributed by atoms with E-state index in [2.05, 4.69) is 5.32 Å². The summed E-state index contributed by atoms with van der Waals surface area (Å²) in [6, 6.07) is 29.6. The van der Waals surface area contributed by atoms with Gasteiger partial charge in [0.25, 0.3) is 11.5 Å². The molecule has 0 saturated heterocycles. The Hall–Kier alpha value is -3.86.